The summed E-state index contributed by atoms with van der Waals surface area (Å²) < 4.78 is 18.5. The van der Waals surface area contributed by atoms with E-state index in [-0.39, 0.29) is 11.7 Å². The molecule has 1 aliphatic heterocycles. The summed E-state index contributed by atoms with van der Waals surface area (Å²) in [7, 11) is 0. The third kappa shape index (κ3) is 5.56. The van der Waals surface area contributed by atoms with Crippen molar-refractivity contribution in [2.75, 3.05) is 39.3 Å². The molecule has 5 heteroatoms. The van der Waals surface area contributed by atoms with Gasteiger partial charge in [-0.3, -0.25) is 9.69 Å². The number of benzene rings is 2. The first kappa shape index (κ1) is 18.4. The van der Waals surface area contributed by atoms with E-state index < -0.39 is 0 Å². The molecule has 1 heterocycles. The van der Waals surface area contributed by atoms with E-state index in [1.165, 1.54) is 17.7 Å². The fraction of sp³-hybridized carbons (Fsp3) is 0.381. The summed E-state index contributed by atoms with van der Waals surface area (Å²) in [5, 5.41) is 0. The second-order valence-electron chi connectivity index (χ2n) is 6.51. The van der Waals surface area contributed by atoms with E-state index in [1.807, 2.05) is 23.1 Å². The molecule has 0 unspecified atom stereocenters. The molecule has 1 saturated heterocycles. The highest BCUT2D eigenvalue weighted by Gasteiger charge is 2.20. The van der Waals surface area contributed by atoms with Crippen LogP contribution >= 0.6 is 0 Å². The maximum absolute atomic E-state index is 12.9. The van der Waals surface area contributed by atoms with Gasteiger partial charge in [-0.05, 0) is 36.2 Å². The van der Waals surface area contributed by atoms with Crippen LogP contribution in [0.4, 0.5) is 4.39 Å². The number of nitrogens with zero attached hydrogens (tertiary/aromatic N) is 2. The lowest BCUT2D eigenvalue weighted by molar-refractivity contribution is -0.132. The van der Waals surface area contributed by atoms with E-state index in [0.29, 0.717) is 18.8 Å². The predicted molar refractivity (Wildman–Crippen MR) is 99.7 cm³/mol. The molecule has 0 atom stereocenters. The average molecular weight is 356 g/mol. The van der Waals surface area contributed by atoms with Crippen LogP contribution in [0.2, 0.25) is 0 Å². The Labute approximate surface area is 154 Å². The van der Waals surface area contributed by atoms with Gasteiger partial charge in [0.1, 0.15) is 18.2 Å². The van der Waals surface area contributed by atoms with Crippen LogP contribution in [0.25, 0.3) is 0 Å². The number of carbonyl (C=O) groups is 1. The molecule has 0 spiro atoms. The van der Waals surface area contributed by atoms with Crippen molar-refractivity contribution >= 4 is 5.91 Å². The lowest BCUT2D eigenvalue weighted by Crippen LogP contribution is -2.49. The van der Waals surface area contributed by atoms with Crippen molar-refractivity contribution in [1.29, 1.82) is 0 Å². The molecular weight excluding hydrogens is 331 g/mol. The largest absolute Gasteiger partial charge is 0.492 e. The standard InChI is InChI=1S/C21H25FN2O2/c22-19-7-9-20(10-8-19)26-17-16-23-12-14-24(15-13-23)21(25)11-6-18-4-2-1-3-5-18/h1-5,7-10H,6,11-17H2. The minimum absolute atomic E-state index is 0.232. The second kappa shape index (κ2) is 9.34. The number of ether oxygens (including phenoxy) is 1. The molecule has 0 aliphatic carbocycles. The Kier molecular flexibility index (Phi) is 6.61. The van der Waals surface area contributed by atoms with Gasteiger partial charge in [0.2, 0.25) is 5.91 Å². The smallest absolute Gasteiger partial charge is 0.222 e. The van der Waals surface area contributed by atoms with Gasteiger partial charge in [-0.1, -0.05) is 30.3 Å². The predicted octanol–water partition coefficient (Wildman–Crippen LogP) is 2.98. The fourth-order valence-corrected chi connectivity index (χ4v) is 3.10. The Morgan fingerprint density at radius 3 is 2.35 bits per heavy atom. The number of carbonyl (C=O) groups excluding carboxylic acids is 1. The highest BCUT2D eigenvalue weighted by atomic mass is 19.1. The van der Waals surface area contributed by atoms with Crippen molar-refractivity contribution in [2.45, 2.75) is 12.8 Å². The van der Waals surface area contributed by atoms with Crippen LogP contribution in [0.3, 0.4) is 0 Å². The van der Waals surface area contributed by atoms with Crippen LogP contribution in [0, 0.1) is 5.82 Å². The van der Waals surface area contributed by atoms with E-state index in [4.69, 9.17) is 4.74 Å². The molecule has 2 aromatic carbocycles. The maximum Gasteiger partial charge on any atom is 0.222 e. The van der Waals surface area contributed by atoms with Crippen molar-refractivity contribution in [2.24, 2.45) is 0 Å². The normalized spacial score (nSPS) is 15.0. The zero-order valence-electron chi connectivity index (χ0n) is 14.9. The van der Waals surface area contributed by atoms with Crippen molar-refractivity contribution in [3.63, 3.8) is 0 Å². The summed E-state index contributed by atoms with van der Waals surface area (Å²) in [5.74, 6) is 0.655. The van der Waals surface area contributed by atoms with Gasteiger partial charge in [0, 0.05) is 39.1 Å². The first-order valence-corrected chi connectivity index (χ1v) is 9.13. The molecule has 2 aromatic rings. The van der Waals surface area contributed by atoms with Gasteiger partial charge in [-0.15, -0.1) is 0 Å². The van der Waals surface area contributed by atoms with Crippen molar-refractivity contribution in [3.8, 4) is 5.75 Å². The van der Waals surface area contributed by atoms with Crippen LogP contribution in [0.1, 0.15) is 12.0 Å². The summed E-state index contributed by atoms with van der Waals surface area (Å²) in [6.07, 6.45) is 1.36. The van der Waals surface area contributed by atoms with Gasteiger partial charge < -0.3 is 9.64 Å². The molecule has 0 saturated carbocycles. The van der Waals surface area contributed by atoms with Crippen molar-refractivity contribution in [1.82, 2.24) is 9.80 Å². The summed E-state index contributed by atoms with van der Waals surface area (Å²) in [5.41, 5.74) is 1.21. The van der Waals surface area contributed by atoms with Crippen molar-refractivity contribution in [3.05, 3.63) is 66.0 Å². The molecule has 0 radical (unpaired) electrons. The number of amides is 1. The quantitative estimate of drug-likeness (QED) is 0.765. The highest BCUT2D eigenvalue weighted by molar-refractivity contribution is 5.76. The van der Waals surface area contributed by atoms with Crippen LogP contribution in [0.5, 0.6) is 5.75 Å². The SMILES string of the molecule is O=C(CCc1ccccc1)N1CCN(CCOc2ccc(F)cc2)CC1. The summed E-state index contributed by atoms with van der Waals surface area (Å²) in [4.78, 5) is 16.6. The topological polar surface area (TPSA) is 32.8 Å². The maximum atomic E-state index is 12.9. The number of halogens is 1. The summed E-state index contributed by atoms with van der Waals surface area (Å²) in [6.45, 7) is 4.64. The third-order valence-corrected chi connectivity index (χ3v) is 4.69. The minimum Gasteiger partial charge on any atom is -0.492 e. The Hall–Kier alpha value is -2.40. The highest BCUT2D eigenvalue weighted by Crippen LogP contribution is 2.12. The molecule has 4 nitrogen and oxygen atoms in total. The number of aryl methyl sites for hydroxylation is 1. The Morgan fingerprint density at radius 1 is 0.962 bits per heavy atom. The van der Waals surface area contributed by atoms with E-state index in [9.17, 15) is 9.18 Å². The number of hydrogen-bond acceptors (Lipinski definition) is 3. The zero-order chi connectivity index (χ0) is 18.2. The minimum atomic E-state index is -0.259. The van der Waals surface area contributed by atoms with Crippen LogP contribution in [0.15, 0.2) is 54.6 Å². The van der Waals surface area contributed by atoms with Gasteiger partial charge in [0.25, 0.3) is 0 Å². The van der Waals surface area contributed by atoms with Crippen molar-refractivity contribution < 1.29 is 13.9 Å². The van der Waals surface area contributed by atoms with E-state index in [0.717, 1.165) is 39.1 Å². The molecule has 1 amide bonds. The number of piperazine rings is 1. The molecule has 0 bridgehead atoms. The summed E-state index contributed by atoms with van der Waals surface area (Å²) in [6, 6.07) is 16.2. The first-order valence-electron chi connectivity index (χ1n) is 9.13. The van der Waals surface area contributed by atoms with Gasteiger partial charge in [-0.2, -0.15) is 0 Å². The second-order valence-corrected chi connectivity index (χ2v) is 6.51. The molecule has 0 N–H and O–H groups in total. The van der Waals surface area contributed by atoms with Crippen LogP contribution in [-0.2, 0) is 11.2 Å². The van der Waals surface area contributed by atoms with Gasteiger partial charge in [-0.25, -0.2) is 4.39 Å². The molecular formula is C21H25FN2O2. The van der Waals surface area contributed by atoms with Crippen LogP contribution in [-0.4, -0.2) is 55.0 Å². The number of rotatable bonds is 7. The van der Waals surface area contributed by atoms with E-state index in [2.05, 4.69) is 17.0 Å². The lowest BCUT2D eigenvalue weighted by atomic mass is 10.1. The number of hydrogen-bond donors (Lipinski definition) is 0. The summed E-state index contributed by atoms with van der Waals surface area (Å²) >= 11 is 0. The third-order valence-electron chi connectivity index (χ3n) is 4.69. The zero-order valence-corrected chi connectivity index (χ0v) is 14.9. The Balaban J connectivity index is 1.33. The molecule has 26 heavy (non-hydrogen) atoms. The molecule has 0 aromatic heterocycles. The lowest BCUT2D eigenvalue weighted by Gasteiger charge is -2.34. The average Bonchev–Trinajstić information content (AvgIpc) is 2.69. The molecule has 3 rings (SSSR count). The molecule has 1 fully saturated rings. The van der Waals surface area contributed by atoms with Crippen LogP contribution < -0.4 is 4.74 Å². The molecule has 1 aliphatic rings. The Bertz CT molecular complexity index is 683. The van der Waals surface area contributed by atoms with E-state index in [1.54, 1.807) is 12.1 Å². The van der Waals surface area contributed by atoms with Gasteiger partial charge in [0.05, 0.1) is 0 Å². The Morgan fingerprint density at radius 2 is 1.65 bits per heavy atom. The first-order chi connectivity index (χ1) is 12.7. The fourth-order valence-electron chi connectivity index (χ4n) is 3.10. The molecule has 138 valence electrons. The van der Waals surface area contributed by atoms with Gasteiger partial charge in [0.15, 0.2) is 0 Å². The van der Waals surface area contributed by atoms with Gasteiger partial charge >= 0.3 is 0 Å². The monoisotopic (exact) mass is 356 g/mol. The van der Waals surface area contributed by atoms with E-state index >= 15 is 0 Å².